The highest BCUT2D eigenvalue weighted by Crippen LogP contribution is 2.35. The molecule has 3 aromatic rings. The molecule has 1 aliphatic rings. The van der Waals surface area contributed by atoms with E-state index < -0.39 is 6.10 Å². The molecule has 0 fully saturated rings. The first kappa shape index (κ1) is 19.3. The van der Waals surface area contributed by atoms with Gasteiger partial charge in [0.15, 0.2) is 11.5 Å². The minimum atomic E-state index is -0.472. The van der Waals surface area contributed by atoms with Crippen LogP contribution in [-0.4, -0.2) is 28.5 Å². The number of rotatable bonds is 6. The summed E-state index contributed by atoms with van der Waals surface area (Å²) in [6, 6.07) is 15.3. The topological polar surface area (TPSA) is 86.5 Å². The van der Waals surface area contributed by atoms with Gasteiger partial charge in [-0.15, -0.1) is 10.2 Å². The van der Waals surface area contributed by atoms with Gasteiger partial charge in [0.2, 0.25) is 12.0 Å². The zero-order chi connectivity index (χ0) is 20.2. The molecule has 0 unspecified atom stereocenters. The van der Waals surface area contributed by atoms with Crippen molar-refractivity contribution in [2.24, 2.45) is 0 Å². The number of para-hydroxylation sites is 2. The van der Waals surface area contributed by atoms with Gasteiger partial charge >= 0.3 is 0 Å². The number of hydrogen-bond acceptors (Lipinski definition) is 7. The second-order valence-electron chi connectivity index (χ2n) is 6.88. The van der Waals surface area contributed by atoms with Crippen molar-refractivity contribution >= 4 is 23.4 Å². The number of carbonyl (C=O) groups excluding carboxylic acids is 1. The summed E-state index contributed by atoms with van der Waals surface area (Å²) in [6.07, 6.45) is -0.472. The number of aromatic nitrogens is 2. The summed E-state index contributed by atoms with van der Waals surface area (Å²) in [7, 11) is 0. The summed E-state index contributed by atoms with van der Waals surface area (Å²) in [5, 5.41) is 11.2. The number of carbonyl (C=O) groups is 1. The standard InChI is InChI=1S/C21H21N3O4S/c1-13(2)14-7-9-15(10-8-14)22-19(25)12-29-21-24-23-20(28-21)18-11-26-16-5-3-4-6-17(16)27-18/h3-10,13,18H,11-12H2,1-2H3,(H,22,25)/t18-/m1/s1. The number of benzene rings is 2. The fourth-order valence-corrected chi connectivity index (χ4v) is 3.40. The van der Waals surface area contributed by atoms with E-state index in [-0.39, 0.29) is 18.3 Å². The predicted octanol–water partition coefficient (Wildman–Crippen LogP) is 4.44. The number of hydrogen-bond donors (Lipinski definition) is 1. The molecule has 1 aliphatic heterocycles. The Labute approximate surface area is 172 Å². The van der Waals surface area contributed by atoms with E-state index in [4.69, 9.17) is 13.9 Å². The van der Waals surface area contributed by atoms with E-state index in [1.807, 2.05) is 48.5 Å². The van der Waals surface area contributed by atoms with Crippen LogP contribution in [0.25, 0.3) is 0 Å². The number of fused-ring (bicyclic) bond motifs is 1. The zero-order valence-corrected chi connectivity index (χ0v) is 16.9. The molecule has 2 aromatic carbocycles. The lowest BCUT2D eigenvalue weighted by atomic mass is 10.0. The van der Waals surface area contributed by atoms with Crippen molar-refractivity contribution in [2.75, 3.05) is 17.7 Å². The Kier molecular flexibility index (Phi) is 5.71. The van der Waals surface area contributed by atoms with Gasteiger partial charge in [0.05, 0.1) is 5.75 Å². The van der Waals surface area contributed by atoms with Gasteiger partial charge in [-0.1, -0.05) is 49.9 Å². The molecule has 29 heavy (non-hydrogen) atoms. The predicted molar refractivity (Wildman–Crippen MR) is 109 cm³/mol. The number of nitrogens with one attached hydrogen (secondary N) is 1. The summed E-state index contributed by atoms with van der Waals surface area (Å²) in [4.78, 5) is 12.2. The van der Waals surface area contributed by atoms with Gasteiger partial charge in [0, 0.05) is 5.69 Å². The SMILES string of the molecule is CC(C)c1ccc(NC(=O)CSc2nnc([C@H]3COc4ccccc4O3)o2)cc1. The van der Waals surface area contributed by atoms with Crippen LogP contribution in [0.4, 0.5) is 5.69 Å². The minimum absolute atomic E-state index is 0.141. The summed E-state index contributed by atoms with van der Waals surface area (Å²) in [5.41, 5.74) is 1.99. The van der Waals surface area contributed by atoms with Crippen molar-refractivity contribution in [3.05, 3.63) is 60.0 Å². The number of nitrogens with zero attached hydrogens (tertiary/aromatic N) is 2. The maximum atomic E-state index is 12.2. The molecule has 1 N–H and O–H groups in total. The second-order valence-corrected chi connectivity index (χ2v) is 7.81. The molecule has 0 saturated heterocycles. The third-order valence-electron chi connectivity index (χ3n) is 4.39. The van der Waals surface area contributed by atoms with Crippen LogP contribution in [0.3, 0.4) is 0 Å². The van der Waals surface area contributed by atoms with E-state index in [0.29, 0.717) is 28.5 Å². The van der Waals surface area contributed by atoms with Gasteiger partial charge in [-0.25, -0.2) is 0 Å². The molecule has 150 valence electrons. The van der Waals surface area contributed by atoms with Crippen molar-refractivity contribution < 1.29 is 18.7 Å². The van der Waals surface area contributed by atoms with Crippen LogP contribution in [0.2, 0.25) is 0 Å². The normalized spacial score (nSPS) is 15.3. The molecule has 2 heterocycles. The van der Waals surface area contributed by atoms with E-state index in [1.54, 1.807) is 0 Å². The molecular formula is C21H21N3O4S. The second kappa shape index (κ2) is 8.57. The first-order valence-electron chi connectivity index (χ1n) is 9.33. The maximum Gasteiger partial charge on any atom is 0.277 e. The lowest BCUT2D eigenvalue weighted by Crippen LogP contribution is -2.21. The average molecular weight is 411 g/mol. The van der Waals surface area contributed by atoms with Crippen molar-refractivity contribution in [1.29, 1.82) is 0 Å². The highest BCUT2D eigenvalue weighted by molar-refractivity contribution is 7.99. The van der Waals surface area contributed by atoms with Crippen LogP contribution >= 0.6 is 11.8 Å². The molecule has 0 bridgehead atoms. The van der Waals surface area contributed by atoms with Gasteiger partial charge in [0.1, 0.15) is 6.61 Å². The quantitative estimate of drug-likeness (QED) is 0.600. The van der Waals surface area contributed by atoms with Crippen LogP contribution in [0, 0.1) is 0 Å². The first-order valence-corrected chi connectivity index (χ1v) is 10.3. The molecule has 0 spiro atoms. The summed E-state index contributed by atoms with van der Waals surface area (Å²) < 4.78 is 17.2. The Morgan fingerprint density at radius 1 is 1.14 bits per heavy atom. The molecule has 1 aromatic heterocycles. The maximum absolute atomic E-state index is 12.2. The molecule has 1 atom stereocenters. The van der Waals surface area contributed by atoms with Gasteiger partial charge in [0.25, 0.3) is 11.1 Å². The lowest BCUT2D eigenvalue weighted by Gasteiger charge is -2.23. The highest BCUT2D eigenvalue weighted by Gasteiger charge is 2.27. The smallest absolute Gasteiger partial charge is 0.277 e. The lowest BCUT2D eigenvalue weighted by molar-refractivity contribution is -0.113. The molecular weight excluding hydrogens is 390 g/mol. The van der Waals surface area contributed by atoms with Crippen molar-refractivity contribution in [2.45, 2.75) is 31.1 Å². The van der Waals surface area contributed by atoms with E-state index >= 15 is 0 Å². The molecule has 4 rings (SSSR count). The summed E-state index contributed by atoms with van der Waals surface area (Å²) in [6.45, 7) is 4.55. The molecule has 7 nitrogen and oxygen atoms in total. The Hall–Kier alpha value is -3.00. The third-order valence-corrected chi connectivity index (χ3v) is 5.21. The monoisotopic (exact) mass is 411 g/mol. The first-order chi connectivity index (χ1) is 14.1. The number of ether oxygens (including phenoxy) is 2. The van der Waals surface area contributed by atoms with E-state index in [0.717, 1.165) is 5.69 Å². The van der Waals surface area contributed by atoms with Crippen LogP contribution < -0.4 is 14.8 Å². The Balaban J connectivity index is 1.30. The van der Waals surface area contributed by atoms with E-state index in [9.17, 15) is 4.79 Å². The summed E-state index contributed by atoms with van der Waals surface area (Å²) >= 11 is 1.18. The number of anilines is 1. The fourth-order valence-electron chi connectivity index (χ4n) is 2.83. The Morgan fingerprint density at radius 3 is 2.66 bits per heavy atom. The highest BCUT2D eigenvalue weighted by atomic mass is 32.2. The fraction of sp³-hybridized carbons (Fsp3) is 0.286. The minimum Gasteiger partial charge on any atom is -0.485 e. The van der Waals surface area contributed by atoms with Crippen LogP contribution in [0.5, 0.6) is 11.5 Å². The van der Waals surface area contributed by atoms with E-state index in [1.165, 1.54) is 17.3 Å². The van der Waals surface area contributed by atoms with Gasteiger partial charge in [-0.2, -0.15) is 0 Å². The van der Waals surface area contributed by atoms with Crippen molar-refractivity contribution in [3.63, 3.8) is 0 Å². The number of amides is 1. The largest absolute Gasteiger partial charge is 0.485 e. The number of thioether (sulfide) groups is 1. The molecule has 0 saturated carbocycles. The van der Waals surface area contributed by atoms with Crippen LogP contribution in [0.1, 0.15) is 37.3 Å². The Bertz CT molecular complexity index is 988. The molecule has 0 aliphatic carbocycles. The molecule has 8 heteroatoms. The summed E-state index contributed by atoms with van der Waals surface area (Å²) in [5.74, 6) is 2.13. The van der Waals surface area contributed by atoms with Crippen molar-refractivity contribution in [1.82, 2.24) is 10.2 Å². The molecule has 0 radical (unpaired) electrons. The molecule has 1 amide bonds. The van der Waals surface area contributed by atoms with Crippen LogP contribution in [0.15, 0.2) is 58.2 Å². The third kappa shape index (κ3) is 4.71. The van der Waals surface area contributed by atoms with Gasteiger partial charge in [-0.05, 0) is 35.7 Å². The van der Waals surface area contributed by atoms with Gasteiger partial charge < -0.3 is 19.2 Å². The zero-order valence-electron chi connectivity index (χ0n) is 16.1. The van der Waals surface area contributed by atoms with Gasteiger partial charge in [-0.3, -0.25) is 4.79 Å². The Morgan fingerprint density at radius 2 is 1.90 bits per heavy atom. The van der Waals surface area contributed by atoms with Crippen molar-refractivity contribution in [3.8, 4) is 11.5 Å². The van der Waals surface area contributed by atoms with Crippen LogP contribution in [-0.2, 0) is 4.79 Å². The van der Waals surface area contributed by atoms with E-state index in [2.05, 4.69) is 29.4 Å². The average Bonchev–Trinajstić information content (AvgIpc) is 3.21.